The van der Waals surface area contributed by atoms with Crippen LogP contribution in [0.15, 0.2) is 17.0 Å². The first-order valence-electron chi connectivity index (χ1n) is 9.91. The zero-order chi connectivity index (χ0) is 21.1. The summed E-state index contributed by atoms with van der Waals surface area (Å²) >= 11 is 6.41. The van der Waals surface area contributed by atoms with Gasteiger partial charge in [0.15, 0.2) is 0 Å². The molecule has 1 aromatic rings. The number of hydrogen-bond acceptors (Lipinski definition) is 5. The van der Waals surface area contributed by atoms with Crippen molar-refractivity contribution >= 4 is 51.9 Å². The zero-order valence-electron chi connectivity index (χ0n) is 17.2. The molecule has 3 aliphatic heterocycles. The number of carboxylic acids is 1. The number of nitrogens with zero attached hydrogens (tertiary/aromatic N) is 2. The molecule has 4 rings (SSSR count). The lowest BCUT2D eigenvalue weighted by atomic mass is 9.69. The van der Waals surface area contributed by atoms with Crippen LogP contribution in [0, 0.1) is 0 Å². The Kier molecular flexibility index (Phi) is 4.82. The Morgan fingerprint density at radius 2 is 1.72 bits per heavy atom. The highest BCUT2D eigenvalue weighted by Crippen LogP contribution is 2.49. The van der Waals surface area contributed by atoms with E-state index in [-0.39, 0.29) is 16.7 Å². The van der Waals surface area contributed by atoms with Gasteiger partial charge in [-0.3, -0.25) is 14.5 Å². The molecule has 0 radical (unpaired) electrons. The van der Waals surface area contributed by atoms with Crippen LogP contribution in [-0.4, -0.2) is 45.8 Å². The molecule has 5 nitrogen and oxygen atoms in total. The van der Waals surface area contributed by atoms with E-state index in [2.05, 4.69) is 44.7 Å². The first-order chi connectivity index (χ1) is 13.5. The number of amides is 1. The highest BCUT2D eigenvalue weighted by Gasteiger charge is 2.40. The van der Waals surface area contributed by atoms with Crippen molar-refractivity contribution in [3.63, 3.8) is 0 Å². The fourth-order valence-corrected chi connectivity index (χ4v) is 5.72. The highest BCUT2D eigenvalue weighted by atomic mass is 32.2. The molecule has 0 unspecified atom stereocenters. The lowest BCUT2D eigenvalue weighted by Crippen LogP contribution is -2.44. The lowest BCUT2D eigenvalue weighted by Gasteiger charge is -2.48. The van der Waals surface area contributed by atoms with Gasteiger partial charge in [-0.1, -0.05) is 51.7 Å². The number of aliphatic carboxylic acids is 1. The summed E-state index contributed by atoms with van der Waals surface area (Å²) in [4.78, 5) is 27.9. The molecule has 0 saturated carbocycles. The van der Waals surface area contributed by atoms with E-state index < -0.39 is 12.5 Å². The van der Waals surface area contributed by atoms with E-state index in [1.165, 1.54) is 28.6 Å². The second-order valence-corrected chi connectivity index (χ2v) is 11.1. The fraction of sp³-hybridized carbons (Fsp3) is 0.500. The van der Waals surface area contributed by atoms with Gasteiger partial charge < -0.3 is 10.0 Å². The average Bonchev–Trinajstić information content (AvgIpc) is 2.87. The minimum atomic E-state index is -1.07. The summed E-state index contributed by atoms with van der Waals surface area (Å²) in [6.45, 7) is 10.9. The number of hydrogen-bond donors (Lipinski definition) is 1. The Hall–Kier alpha value is -1.86. The van der Waals surface area contributed by atoms with E-state index >= 15 is 0 Å². The van der Waals surface area contributed by atoms with Crippen LogP contribution in [0.25, 0.3) is 6.08 Å². The van der Waals surface area contributed by atoms with Crippen LogP contribution in [0.2, 0.25) is 0 Å². The van der Waals surface area contributed by atoms with Crippen molar-refractivity contribution in [2.24, 2.45) is 0 Å². The number of thioether (sulfide) groups is 1. The third-order valence-electron chi connectivity index (χ3n) is 6.38. The molecule has 1 saturated heterocycles. The molecule has 0 aliphatic carbocycles. The second-order valence-electron chi connectivity index (χ2n) is 9.38. The summed E-state index contributed by atoms with van der Waals surface area (Å²) in [6, 6.07) is 4.41. The molecular formula is C22H26N2O3S2. The van der Waals surface area contributed by atoms with Gasteiger partial charge >= 0.3 is 5.97 Å². The zero-order valence-corrected chi connectivity index (χ0v) is 18.9. The Bertz CT molecular complexity index is 924. The van der Waals surface area contributed by atoms with E-state index in [0.717, 1.165) is 36.4 Å². The third kappa shape index (κ3) is 3.48. The summed E-state index contributed by atoms with van der Waals surface area (Å²) < 4.78 is 0.301. The lowest BCUT2D eigenvalue weighted by molar-refractivity contribution is -0.140. The molecule has 1 fully saturated rings. The molecule has 0 atom stereocenters. The maximum Gasteiger partial charge on any atom is 0.323 e. The first kappa shape index (κ1) is 20.4. The van der Waals surface area contributed by atoms with Gasteiger partial charge in [0.2, 0.25) is 0 Å². The van der Waals surface area contributed by atoms with Crippen molar-refractivity contribution in [1.29, 1.82) is 0 Å². The van der Waals surface area contributed by atoms with Gasteiger partial charge in [-0.2, -0.15) is 0 Å². The van der Waals surface area contributed by atoms with E-state index in [0.29, 0.717) is 9.23 Å². The Labute approximate surface area is 181 Å². The number of carbonyl (C=O) groups is 2. The van der Waals surface area contributed by atoms with E-state index in [1.54, 1.807) is 0 Å². The summed E-state index contributed by atoms with van der Waals surface area (Å²) in [5, 5.41) is 9.05. The van der Waals surface area contributed by atoms with Crippen molar-refractivity contribution in [2.75, 3.05) is 24.5 Å². The van der Waals surface area contributed by atoms with Crippen LogP contribution in [-0.2, 0) is 20.4 Å². The van der Waals surface area contributed by atoms with Crippen molar-refractivity contribution in [1.82, 2.24) is 4.90 Å². The summed E-state index contributed by atoms with van der Waals surface area (Å²) in [5.74, 6) is -1.39. The highest BCUT2D eigenvalue weighted by molar-refractivity contribution is 8.26. The number of carboxylic acid groups (broad SMARTS) is 1. The molecule has 154 valence electrons. The Morgan fingerprint density at radius 3 is 2.24 bits per heavy atom. The first-order valence-corrected chi connectivity index (χ1v) is 11.1. The third-order valence-corrected chi connectivity index (χ3v) is 7.76. The van der Waals surface area contributed by atoms with Crippen LogP contribution < -0.4 is 4.90 Å². The van der Waals surface area contributed by atoms with Gasteiger partial charge in [0.1, 0.15) is 10.9 Å². The molecule has 7 heteroatoms. The summed E-state index contributed by atoms with van der Waals surface area (Å²) in [5.41, 5.74) is 5.16. The minimum absolute atomic E-state index is 0.0694. The predicted octanol–water partition coefficient (Wildman–Crippen LogP) is 4.14. The molecule has 1 N–H and O–H groups in total. The van der Waals surface area contributed by atoms with E-state index in [1.807, 2.05) is 6.08 Å². The fourth-order valence-electron chi connectivity index (χ4n) is 4.47. The summed E-state index contributed by atoms with van der Waals surface area (Å²) in [7, 11) is 0. The number of carbonyl (C=O) groups excluding carboxylic acids is 1. The van der Waals surface area contributed by atoms with Gasteiger partial charge in [0, 0.05) is 18.8 Å². The van der Waals surface area contributed by atoms with Crippen LogP contribution >= 0.6 is 24.0 Å². The van der Waals surface area contributed by atoms with Crippen molar-refractivity contribution in [2.45, 2.75) is 51.4 Å². The van der Waals surface area contributed by atoms with Gasteiger partial charge in [-0.05, 0) is 58.6 Å². The van der Waals surface area contributed by atoms with Crippen molar-refractivity contribution in [3.8, 4) is 0 Å². The van der Waals surface area contributed by atoms with Crippen molar-refractivity contribution < 1.29 is 14.7 Å². The minimum Gasteiger partial charge on any atom is -0.480 e. The number of anilines is 1. The molecule has 1 amide bonds. The Morgan fingerprint density at radius 1 is 1.17 bits per heavy atom. The van der Waals surface area contributed by atoms with Crippen LogP contribution in [0.1, 0.15) is 57.2 Å². The van der Waals surface area contributed by atoms with E-state index in [4.69, 9.17) is 17.3 Å². The summed E-state index contributed by atoms with van der Waals surface area (Å²) in [6.07, 6.45) is 4.08. The van der Waals surface area contributed by atoms with E-state index in [9.17, 15) is 9.59 Å². The smallest absolute Gasteiger partial charge is 0.323 e. The molecule has 0 aromatic heterocycles. The molecular weight excluding hydrogens is 404 g/mol. The Balaban J connectivity index is 1.81. The monoisotopic (exact) mass is 430 g/mol. The quantitative estimate of drug-likeness (QED) is 0.574. The van der Waals surface area contributed by atoms with Crippen LogP contribution in [0.3, 0.4) is 0 Å². The van der Waals surface area contributed by atoms with Crippen molar-refractivity contribution in [3.05, 3.63) is 33.7 Å². The average molecular weight is 431 g/mol. The van der Waals surface area contributed by atoms with Gasteiger partial charge in [-0.25, -0.2) is 0 Å². The van der Waals surface area contributed by atoms with Gasteiger partial charge in [0.25, 0.3) is 5.91 Å². The SMILES string of the molecule is CC1(C)CCN2CCC(C)(C)c3cc(C=C4SC(=S)N(CC(=O)O)C4=O)cc1c32. The molecule has 3 heterocycles. The van der Waals surface area contributed by atoms with Crippen LogP contribution in [0.4, 0.5) is 5.69 Å². The number of thiocarbonyl (C=S) groups is 1. The second kappa shape index (κ2) is 6.84. The van der Waals surface area contributed by atoms with Crippen LogP contribution in [0.5, 0.6) is 0 Å². The maximum atomic E-state index is 12.7. The molecule has 3 aliphatic rings. The van der Waals surface area contributed by atoms with Gasteiger partial charge in [0.05, 0.1) is 4.91 Å². The topological polar surface area (TPSA) is 60.9 Å². The molecule has 0 bridgehead atoms. The normalized spacial score (nSPS) is 23.5. The molecule has 1 aromatic carbocycles. The number of rotatable bonds is 3. The standard InChI is InChI=1S/C22H26N2O3S2/c1-21(2)5-7-23-8-6-22(3,4)15-10-13(9-14(21)18(15)23)11-16-19(27)24(12-17(25)26)20(28)29-16/h9-11H,5-8,12H2,1-4H3,(H,25,26). The maximum absolute atomic E-state index is 12.7. The molecule has 29 heavy (non-hydrogen) atoms. The largest absolute Gasteiger partial charge is 0.480 e. The molecule has 0 spiro atoms. The van der Waals surface area contributed by atoms with Gasteiger partial charge in [-0.15, -0.1) is 0 Å². The predicted molar refractivity (Wildman–Crippen MR) is 121 cm³/mol. The number of benzene rings is 1.